The number of nitrogens with two attached hydrogens (primary N) is 1. The molecular formula is C13H25NO3. The topological polar surface area (TPSA) is 61.6 Å². The van der Waals surface area contributed by atoms with Crippen LogP contribution < -0.4 is 5.73 Å². The lowest BCUT2D eigenvalue weighted by atomic mass is 9.94. The number of carbonyl (C=O) groups excluding carboxylic acids is 1. The van der Waals surface area contributed by atoms with E-state index in [0.29, 0.717) is 6.54 Å². The van der Waals surface area contributed by atoms with Crippen LogP contribution in [-0.4, -0.2) is 31.8 Å². The Morgan fingerprint density at radius 3 is 2.71 bits per heavy atom. The van der Waals surface area contributed by atoms with Crippen LogP contribution in [0.5, 0.6) is 0 Å². The van der Waals surface area contributed by atoms with E-state index in [1.165, 1.54) is 0 Å². The van der Waals surface area contributed by atoms with Crippen LogP contribution in [0.25, 0.3) is 0 Å². The Morgan fingerprint density at radius 1 is 1.41 bits per heavy atom. The van der Waals surface area contributed by atoms with Gasteiger partial charge in [-0.3, -0.25) is 4.79 Å². The SMILES string of the molecule is CCCC(CN)C(=O)OC1CCCC(OC)C1. The fourth-order valence-electron chi connectivity index (χ4n) is 2.36. The molecule has 0 aromatic carbocycles. The van der Waals surface area contributed by atoms with Gasteiger partial charge in [-0.05, 0) is 25.7 Å². The maximum atomic E-state index is 11.9. The van der Waals surface area contributed by atoms with Crippen LogP contribution in [0.2, 0.25) is 0 Å². The fourth-order valence-corrected chi connectivity index (χ4v) is 2.36. The Labute approximate surface area is 104 Å². The second kappa shape index (κ2) is 7.67. The normalized spacial score (nSPS) is 26.5. The van der Waals surface area contributed by atoms with Crippen LogP contribution in [0.4, 0.5) is 0 Å². The van der Waals surface area contributed by atoms with Crippen molar-refractivity contribution in [3.05, 3.63) is 0 Å². The molecule has 3 unspecified atom stereocenters. The van der Waals surface area contributed by atoms with Gasteiger partial charge in [0.15, 0.2) is 0 Å². The molecule has 0 aromatic heterocycles. The third-order valence-electron chi connectivity index (χ3n) is 3.45. The molecule has 1 fully saturated rings. The molecule has 3 atom stereocenters. The molecule has 1 saturated carbocycles. The van der Waals surface area contributed by atoms with Gasteiger partial charge in [-0.15, -0.1) is 0 Å². The Hall–Kier alpha value is -0.610. The zero-order valence-electron chi connectivity index (χ0n) is 11.0. The number of methoxy groups -OCH3 is 1. The predicted molar refractivity (Wildman–Crippen MR) is 66.6 cm³/mol. The van der Waals surface area contributed by atoms with Crippen molar-refractivity contribution in [3.8, 4) is 0 Å². The molecule has 100 valence electrons. The van der Waals surface area contributed by atoms with Crippen molar-refractivity contribution in [1.29, 1.82) is 0 Å². The average molecular weight is 243 g/mol. The van der Waals surface area contributed by atoms with Crippen LogP contribution in [0.3, 0.4) is 0 Å². The summed E-state index contributed by atoms with van der Waals surface area (Å²) in [5.74, 6) is -0.265. The highest BCUT2D eigenvalue weighted by Gasteiger charge is 2.27. The minimum atomic E-state index is -0.136. The zero-order chi connectivity index (χ0) is 12.7. The maximum Gasteiger partial charge on any atom is 0.310 e. The molecule has 0 aromatic rings. The van der Waals surface area contributed by atoms with Crippen molar-refractivity contribution in [2.75, 3.05) is 13.7 Å². The number of carbonyl (C=O) groups is 1. The van der Waals surface area contributed by atoms with Gasteiger partial charge in [-0.1, -0.05) is 13.3 Å². The molecule has 4 heteroatoms. The summed E-state index contributed by atoms with van der Waals surface area (Å²) >= 11 is 0. The highest BCUT2D eigenvalue weighted by atomic mass is 16.5. The van der Waals surface area contributed by atoms with Gasteiger partial charge < -0.3 is 15.2 Å². The molecule has 1 aliphatic rings. The van der Waals surface area contributed by atoms with Gasteiger partial charge in [0.05, 0.1) is 12.0 Å². The first-order valence-electron chi connectivity index (χ1n) is 6.64. The van der Waals surface area contributed by atoms with Crippen molar-refractivity contribution < 1.29 is 14.3 Å². The number of ether oxygens (including phenoxy) is 2. The summed E-state index contributed by atoms with van der Waals surface area (Å²) in [4.78, 5) is 11.9. The molecule has 4 nitrogen and oxygen atoms in total. The monoisotopic (exact) mass is 243 g/mol. The van der Waals surface area contributed by atoms with Crippen LogP contribution in [-0.2, 0) is 14.3 Å². The molecule has 0 saturated heterocycles. The van der Waals surface area contributed by atoms with E-state index in [0.717, 1.165) is 38.5 Å². The Balaban J connectivity index is 2.38. The van der Waals surface area contributed by atoms with E-state index < -0.39 is 0 Å². The van der Waals surface area contributed by atoms with Crippen molar-refractivity contribution >= 4 is 5.97 Å². The van der Waals surface area contributed by atoms with Crippen LogP contribution in [0, 0.1) is 5.92 Å². The van der Waals surface area contributed by atoms with Gasteiger partial charge in [0.2, 0.25) is 0 Å². The minimum absolute atomic E-state index is 0.0205. The lowest BCUT2D eigenvalue weighted by molar-refractivity contribution is -0.157. The first-order valence-corrected chi connectivity index (χ1v) is 6.64. The highest BCUT2D eigenvalue weighted by Crippen LogP contribution is 2.24. The molecule has 0 amide bonds. The Bertz CT molecular complexity index is 233. The molecule has 0 radical (unpaired) electrons. The maximum absolute atomic E-state index is 11.9. The number of esters is 1. The van der Waals surface area contributed by atoms with Crippen LogP contribution in [0.15, 0.2) is 0 Å². The van der Waals surface area contributed by atoms with Gasteiger partial charge >= 0.3 is 5.97 Å². The Kier molecular flexibility index (Phi) is 6.52. The summed E-state index contributed by atoms with van der Waals surface area (Å²) in [6, 6.07) is 0. The first kappa shape index (κ1) is 14.5. The third kappa shape index (κ3) is 4.64. The molecule has 17 heavy (non-hydrogen) atoms. The highest BCUT2D eigenvalue weighted by molar-refractivity contribution is 5.72. The number of rotatable bonds is 6. The zero-order valence-corrected chi connectivity index (χ0v) is 11.0. The van der Waals surface area contributed by atoms with E-state index in [9.17, 15) is 4.79 Å². The largest absolute Gasteiger partial charge is 0.462 e. The molecular weight excluding hydrogens is 218 g/mol. The van der Waals surface area contributed by atoms with E-state index >= 15 is 0 Å². The van der Waals surface area contributed by atoms with Crippen molar-refractivity contribution in [2.24, 2.45) is 11.7 Å². The summed E-state index contributed by atoms with van der Waals surface area (Å²) in [5, 5.41) is 0. The first-order chi connectivity index (χ1) is 8.21. The molecule has 0 aliphatic heterocycles. The van der Waals surface area contributed by atoms with E-state index in [4.69, 9.17) is 15.2 Å². The van der Waals surface area contributed by atoms with Crippen LogP contribution in [0.1, 0.15) is 45.4 Å². The summed E-state index contributed by atoms with van der Waals surface area (Å²) < 4.78 is 10.9. The van der Waals surface area contributed by atoms with Gasteiger partial charge in [0.1, 0.15) is 6.10 Å². The fraction of sp³-hybridized carbons (Fsp3) is 0.923. The molecule has 0 spiro atoms. The average Bonchev–Trinajstić information content (AvgIpc) is 2.36. The molecule has 1 aliphatic carbocycles. The van der Waals surface area contributed by atoms with E-state index in [1.807, 2.05) is 0 Å². The number of hydrogen-bond acceptors (Lipinski definition) is 4. The minimum Gasteiger partial charge on any atom is -0.462 e. The summed E-state index contributed by atoms with van der Waals surface area (Å²) in [6.07, 6.45) is 5.95. The lowest BCUT2D eigenvalue weighted by Gasteiger charge is -2.29. The number of hydrogen-bond donors (Lipinski definition) is 1. The molecule has 0 heterocycles. The van der Waals surface area contributed by atoms with Crippen molar-refractivity contribution in [3.63, 3.8) is 0 Å². The van der Waals surface area contributed by atoms with Gasteiger partial charge in [0, 0.05) is 20.1 Å². The standard InChI is InChI=1S/C13H25NO3/c1-3-5-10(9-14)13(15)17-12-7-4-6-11(8-12)16-2/h10-12H,3-9,14H2,1-2H3. The second-order valence-electron chi connectivity index (χ2n) is 4.80. The molecule has 0 bridgehead atoms. The van der Waals surface area contributed by atoms with Crippen molar-refractivity contribution in [1.82, 2.24) is 0 Å². The van der Waals surface area contributed by atoms with Crippen LogP contribution >= 0.6 is 0 Å². The smallest absolute Gasteiger partial charge is 0.310 e. The second-order valence-corrected chi connectivity index (χ2v) is 4.80. The van der Waals surface area contributed by atoms with Gasteiger partial charge in [-0.25, -0.2) is 0 Å². The Morgan fingerprint density at radius 2 is 2.12 bits per heavy atom. The predicted octanol–water partition coefficient (Wildman–Crippen LogP) is 1.86. The van der Waals surface area contributed by atoms with Gasteiger partial charge in [0.25, 0.3) is 0 Å². The van der Waals surface area contributed by atoms with E-state index in [-0.39, 0.29) is 24.1 Å². The van der Waals surface area contributed by atoms with E-state index in [1.54, 1.807) is 7.11 Å². The summed E-state index contributed by atoms with van der Waals surface area (Å²) in [6.45, 7) is 2.44. The summed E-state index contributed by atoms with van der Waals surface area (Å²) in [7, 11) is 1.72. The third-order valence-corrected chi connectivity index (χ3v) is 3.45. The quantitative estimate of drug-likeness (QED) is 0.723. The summed E-state index contributed by atoms with van der Waals surface area (Å²) in [5.41, 5.74) is 5.59. The van der Waals surface area contributed by atoms with E-state index in [2.05, 4.69) is 6.92 Å². The molecule has 1 rings (SSSR count). The molecule has 2 N–H and O–H groups in total. The van der Waals surface area contributed by atoms with Crippen molar-refractivity contribution in [2.45, 2.75) is 57.7 Å². The lowest BCUT2D eigenvalue weighted by Crippen LogP contribution is -2.33. The van der Waals surface area contributed by atoms with Gasteiger partial charge in [-0.2, -0.15) is 0 Å².